The van der Waals surface area contributed by atoms with Crippen molar-refractivity contribution in [1.29, 1.82) is 0 Å². The van der Waals surface area contributed by atoms with Crippen molar-refractivity contribution >= 4 is 35.8 Å². The van der Waals surface area contributed by atoms with Gasteiger partial charge < -0.3 is 18.6 Å². The van der Waals surface area contributed by atoms with Gasteiger partial charge in [-0.2, -0.15) is 0 Å². The summed E-state index contributed by atoms with van der Waals surface area (Å²) in [6.45, 7) is 0. The van der Waals surface area contributed by atoms with E-state index in [-0.39, 0.29) is 5.92 Å². The Kier molecular flexibility index (Phi) is 6.57. The molecule has 5 nitrogen and oxygen atoms in total. The van der Waals surface area contributed by atoms with Gasteiger partial charge in [0.05, 0.1) is 11.4 Å². The van der Waals surface area contributed by atoms with Crippen LogP contribution in [0.5, 0.6) is 5.75 Å². The highest BCUT2D eigenvalue weighted by Gasteiger charge is 2.40. The zero-order chi connectivity index (χ0) is 26.7. The first-order chi connectivity index (χ1) is 19.8. The molecule has 3 heterocycles. The Hall–Kier alpha value is -4.73. The normalized spacial score (nSPS) is 17.4. The van der Waals surface area contributed by atoms with Crippen molar-refractivity contribution in [3.63, 3.8) is 0 Å². The number of anilines is 2. The van der Waals surface area contributed by atoms with Crippen LogP contribution in [-0.4, -0.2) is 10.9 Å². The molecule has 0 spiro atoms. The van der Waals surface area contributed by atoms with Crippen LogP contribution in [0.2, 0.25) is 0 Å². The summed E-state index contributed by atoms with van der Waals surface area (Å²) in [4.78, 5) is 2.12. The second-order valence-corrected chi connectivity index (χ2v) is 11.3. The lowest BCUT2D eigenvalue weighted by molar-refractivity contribution is -0.0571. The summed E-state index contributed by atoms with van der Waals surface area (Å²) >= 11 is 0. The van der Waals surface area contributed by atoms with Crippen LogP contribution in [0.25, 0.3) is 5.70 Å². The van der Waals surface area contributed by atoms with Gasteiger partial charge in [-0.05, 0) is 42.5 Å². The van der Waals surface area contributed by atoms with E-state index in [2.05, 4.69) is 88.3 Å². The van der Waals surface area contributed by atoms with E-state index in [1.807, 2.05) is 67.0 Å². The molecule has 2 aliphatic heterocycles. The van der Waals surface area contributed by atoms with Gasteiger partial charge in [0.25, 0.3) is 6.29 Å². The summed E-state index contributed by atoms with van der Waals surface area (Å²) in [5.41, 5.74) is 2.98. The number of ether oxygens (including phenoxy) is 2. The molecule has 0 saturated heterocycles. The molecule has 0 bridgehead atoms. The van der Waals surface area contributed by atoms with Crippen molar-refractivity contribution in [2.24, 2.45) is 5.92 Å². The zero-order valence-electron chi connectivity index (χ0n) is 21.7. The van der Waals surface area contributed by atoms with Crippen LogP contribution >= 0.6 is 8.15 Å². The van der Waals surface area contributed by atoms with Crippen molar-refractivity contribution in [3.05, 3.63) is 158 Å². The van der Waals surface area contributed by atoms with Crippen LogP contribution in [0.4, 0.5) is 11.4 Å². The van der Waals surface area contributed by atoms with Gasteiger partial charge in [0.15, 0.2) is 14.0 Å². The minimum Gasteiger partial charge on any atom is -0.464 e. The SMILES string of the molecule is C1=C(N(c2ccccc2)c2cccc(OP(c3ccccc3)c3ccccc3)c2)OC2OC=C(n3cccc3)C12. The number of hydrogen-bond acceptors (Lipinski definition) is 4. The highest BCUT2D eigenvalue weighted by atomic mass is 31.1. The molecule has 0 radical (unpaired) electrons. The van der Waals surface area contributed by atoms with Gasteiger partial charge in [-0.1, -0.05) is 84.9 Å². The highest BCUT2D eigenvalue weighted by molar-refractivity contribution is 7.68. The molecule has 2 atom stereocenters. The van der Waals surface area contributed by atoms with Gasteiger partial charge in [0.1, 0.15) is 17.9 Å². The van der Waals surface area contributed by atoms with Gasteiger partial charge >= 0.3 is 0 Å². The van der Waals surface area contributed by atoms with Crippen molar-refractivity contribution in [1.82, 2.24) is 4.57 Å². The predicted octanol–water partition coefficient (Wildman–Crippen LogP) is 7.40. The molecule has 2 aliphatic rings. The number of aromatic nitrogens is 1. The maximum absolute atomic E-state index is 6.76. The van der Waals surface area contributed by atoms with E-state index >= 15 is 0 Å². The average molecular weight is 543 g/mol. The van der Waals surface area contributed by atoms with E-state index in [1.54, 1.807) is 6.26 Å². The second-order valence-electron chi connectivity index (χ2n) is 9.51. The van der Waals surface area contributed by atoms with Gasteiger partial charge in [-0.15, -0.1) is 0 Å². The molecule has 4 aromatic carbocycles. The lowest BCUT2D eigenvalue weighted by atomic mass is 10.1. The van der Waals surface area contributed by atoms with E-state index in [4.69, 9.17) is 14.0 Å². The topological polar surface area (TPSA) is 35.9 Å². The maximum atomic E-state index is 6.76. The van der Waals surface area contributed by atoms with Crippen LogP contribution in [0.3, 0.4) is 0 Å². The van der Waals surface area contributed by atoms with Crippen LogP contribution in [0.1, 0.15) is 0 Å². The fourth-order valence-electron chi connectivity index (χ4n) is 5.03. The third-order valence-electron chi connectivity index (χ3n) is 6.91. The van der Waals surface area contributed by atoms with Crippen LogP contribution in [0.15, 0.2) is 158 Å². The monoisotopic (exact) mass is 542 g/mol. The first-order valence-corrected chi connectivity index (χ1v) is 14.5. The molecule has 0 amide bonds. The number of fused-ring (bicyclic) bond motifs is 1. The number of hydrogen-bond donors (Lipinski definition) is 0. The van der Waals surface area contributed by atoms with Crippen LogP contribution < -0.4 is 20.0 Å². The summed E-state index contributed by atoms with van der Waals surface area (Å²) in [6, 6.07) is 43.3. The molecular formula is C34H27N2O3P. The first-order valence-electron chi connectivity index (χ1n) is 13.2. The number of nitrogens with zero attached hydrogens (tertiary/aromatic N) is 2. The van der Waals surface area contributed by atoms with Gasteiger partial charge in [-0.25, -0.2) is 0 Å². The third kappa shape index (κ3) is 4.76. The minimum absolute atomic E-state index is 0.0166. The number of para-hydroxylation sites is 1. The van der Waals surface area contributed by atoms with Gasteiger partial charge in [-0.3, -0.25) is 4.90 Å². The summed E-state index contributed by atoms with van der Waals surface area (Å²) < 4.78 is 21.2. The van der Waals surface area contributed by atoms with Crippen molar-refractivity contribution in [2.75, 3.05) is 4.90 Å². The Morgan fingerprint density at radius 2 is 1.30 bits per heavy atom. The molecule has 196 valence electrons. The van der Waals surface area contributed by atoms with Gasteiger partial charge in [0, 0.05) is 34.8 Å². The summed E-state index contributed by atoms with van der Waals surface area (Å²) in [6.07, 6.45) is 7.58. The predicted molar refractivity (Wildman–Crippen MR) is 161 cm³/mol. The van der Waals surface area contributed by atoms with Crippen molar-refractivity contribution in [2.45, 2.75) is 6.29 Å². The van der Waals surface area contributed by atoms with E-state index in [0.29, 0.717) is 0 Å². The standard InChI is InChI=1S/C34H27N2O3P/c1-4-13-26(14-5-1)36(33-24-31-32(25-37-34(31)38-33)35-21-10-11-22-35)27-15-12-16-28(23-27)39-40(29-17-6-2-7-18-29)30-19-8-3-9-20-30/h1-25,31,34H. The number of benzene rings is 4. The Morgan fingerprint density at radius 1 is 0.675 bits per heavy atom. The fourth-order valence-corrected chi connectivity index (χ4v) is 6.75. The van der Waals surface area contributed by atoms with Crippen molar-refractivity contribution in [3.8, 4) is 5.75 Å². The molecule has 0 aliphatic carbocycles. The Labute approximate surface area is 235 Å². The molecule has 1 aromatic heterocycles. The average Bonchev–Trinajstić information content (AvgIpc) is 3.77. The largest absolute Gasteiger partial charge is 0.464 e. The van der Waals surface area contributed by atoms with Crippen molar-refractivity contribution < 1.29 is 14.0 Å². The lowest BCUT2D eigenvalue weighted by Crippen LogP contribution is -2.20. The molecule has 0 N–H and O–H groups in total. The molecular weight excluding hydrogens is 515 g/mol. The van der Waals surface area contributed by atoms with Gasteiger partial charge in [0.2, 0.25) is 0 Å². The van der Waals surface area contributed by atoms with E-state index in [0.717, 1.165) is 39.3 Å². The molecule has 6 heteroatoms. The molecule has 0 saturated carbocycles. The molecule has 7 rings (SSSR count). The molecule has 2 unspecified atom stereocenters. The van der Waals surface area contributed by atoms with E-state index in [1.165, 1.54) is 0 Å². The quantitative estimate of drug-likeness (QED) is 0.192. The molecule has 0 fully saturated rings. The first kappa shape index (κ1) is 24.3. The molecule has 5 aromatic rings. The second kappa shape index (κ2) is 10.8. The summed E-state index contributed by atoms with van der Waals surface area (Å²) in [5.74, 6) is 1.50. The van der Waals surface area contributed by atoms with E-state index < -0.39 is 14.4 Å². The summed E-state index contributed by atoms with van der Waals surface area (Å²) in [7, 11) is -1.05. The smallest absolute Gasteiger partial charge is 0.253 e. The third-order valence-corrected chi connectivity index (χ3v) is 8.84. The minimum atomic E-state index is -1.05. The Bertz CT molecular complexity index is 1600. The fraction of sp³-hybridized carbons (Fsp3) is 0.0588. The Morgan fingerprint density at radius 3 is 1.98 bits per heavy atom. The Balaban J connectivity index is 1.24. The van der Waals surface area contributed by atoms with Crippen LogP contribution in [0, 0.1) is 5.92 Å². The number of rotatable bonds is 8. The van der Waals surface area contributed by atoms with E-state index in [9.17, 15) is 0 Å². The van der Waals surface area contributed by atoms with Crippen LogP contribution in [-0.2, 0) is 9.47 Å². The molecule has 40 heavy (non-hydrogen) atoms. The maximum Gasteiger partial charge on any atom is 0.253 e. The highest BCUT2D eigenvalue weighted by Crippen LogP contribution is 2.44. The lowest BCUT2D eigenvalue weighted by Gasteiger charge is -2.27. The summed E-state index contributed by atoms with van der Waals surface area (Å²) in [5, 5.41) is 2.32. The zero-order valence-corrected chi connectivity index (χ0v) is 22.5.